The molecule has 0 bridgehead atoms. The molecular weight excluding hydrogens is 354 g/mol. The number of para-hydroxylation sites is 1. The van der Waals surface area contributed by atoms with Gasteiger partial charge in [0.2, 0.25) is 0 Å². The monoisotopic (exact) mass is 374 g/mol. The van der Waals surface area contributed by atoms with Crippen LogP contribution in [0, 0.1) is 6.92 Å². The third kappa shape index (κ3) is 3.46. The van der Waals surface area contributed by atoms with Crippen molar-refractivity contribution in [1.82, 2.24) is 0 Å². The number of alkyl halides is 2. The van der Waals surface area contributed by atoms with Crippen molar-refractivity contribution in [2.75, 3.05) is 4.90 Å². The summed E-state index contributed by atoms with van der Waals surface area (Å²) in [6.45, 7) is 1.98. The molecule has 0 fully saturated rings. The molecule has 1 aliphatic heterocycles. The first-order valence-electron chi connectivity index (χ1n) is 9.18. The molecule has 1 aliphatic rings. The second-order valence-electron chi connectivity index (χ2n) is 6.69. The Kier molecular flexibility index (Phi) is 5.02. The van der Waals surface area contributed by atoms with Gasteiger partial charge in [0.05, 0.1) is 11.4 Å². The number of halogens is 2. The van der Waals surface area contributed by atoms with E-state index in [1.54, 1.807) is 4.90 Å². The maximum atomic E-state index is 14.2. The highest BCUT2D eigenvalue weighted by Crippen LogP contribution is 2.38. The van der Waals surface area contributed by atoms with E-state index in [2.05, 4.69) is 0 Å². The minimum atomic E-state index is -2.62. The van der Waals surface area contributed by atoms with Gasteiger partial charge in [-0.2, -0.15) is 0 Å². The van der Waals surface area contributed by atoms with Crippen LogP contribution in [0.3, 0.4) is 0 Å². The molecule has 1 atom stereocenters. The molecule has 0 spiro atoms. The first-order chi connectivity index (χ1) is 13.6. The molecule has 0 N–H and O–H groups in total. The Bertz CT molecular complexity index is 1010. The summed E-state index contributed by atoms with van der Waals surface area (Å²) in [6, 6.07) is 26.5. The maximum absolute atomic E-state index is 14.2. The van der Waals surface area contributed by atoms with E-state index in [9.17, 15) is 8.78 Å². The van der Waals surface area contributed by atoms with E-state index in [1.807, 2.05) is 91.9 Å². The summed E-state index contributed by atoms with van der Waals surface area (Å²) in [5.74, 6) is 0. The molecule has 0 amide bonds. The van der Waals surface area contributed by atoms with Crippen LogP contribution in [-0.4, -0.2) is 12.1 Å². The van der Waals surface area contributed by atoms with Gasteiger partial charge in [-0.15, -0.1) is 0 Å². The lowest BCUT2D eigenvalue weighted by molar-refractivity contribution is 0.183. The SMILES string of the molecule is Cc1ccccc1C1N=C(c2ccccc2)C=C(C(F)F)N1c1ccccc1. The number of benzene rings is 3. The number of aliphatic imine (C=N–C) groups is 1. The van der Waals surface area contributed by atoms with E-state index >= 15 is 0 Å². The zero-order valence-corrected chi connectivity index (χ0v) is 15.5. The van der Waals surface area contributed by atoms with Gasteiger partial charge in [0, 0.05) is 5.69 Å². The van der Waals surface area contributed by atoms with E-state index in [-0.39, 0.29) is 5.70 Å². The molecule has 140 valence electrons. The van der Waals surface area contributed by atoms with Crippen molar-refractivity contribution in [3.8, 4) is 0 Å². The van der Waals surface area contributed by atoms with E-state index in [0.29, 0.717) is 11.4 Å². The summed E-state index contributed by atoms with van der Waals surface area (Å²) in [7, 11) is 0. The topological polar surface area (TPSA) is 15.6 Å². The van der Waals surface area contributed by atoms with Gasteiger partial charge in [-0.3, -0.25) is 4.99 Å². The van der Waals surface area contributed by atoms with E-state index in [1.165, 1.54) is 6.08 Å². The number of nitrogens with zero attached hydrogens (tertiary/aromatic N) is 2. The quantitative estimate of drug-likeness (QED) is 0.535. The van der Waals surface area contributed by atoms with Crippen LogP contribution in [0.25, 0.3) is 0 Å². The van der Waals surface area contributed by atoms with E-state index < -0.39 is 12.6 Å². The summed E-state index contributed by atoms with van der Waals surface area (Å²) in [4.78, 5) is 6.54. The summed E-state index contributed by atoms with van der Waals surface area (Å²) in [5.41, 5.74) is 3.96. The van der Waals surface area contributed by atoms with Gasteiger partial charge in [-0.1, -0.05) is 72.8 Å². The molecule has 28 heavy (non-hydrogen) atoms. The van der Waals surface area contributed by atoms with Crippen LogP contribution >= 0.6 is 0 Å². The molecule has 4 heteroatoms. The number of aryl methyl sites for hydroxylation is 1. The fourth-order valence-corrected chi connectivity index (χ4v) is 3.48. The van der Waals surface area contributed by atoms with Gasteiger partial charge in [-0.05, 0) is 41.8 Å². The van der Waals surface area contributed by atoms with Gasteiger partial charge < -0.3 is 4.90 Å². The molecule has 0 saturated carbocycles. The molecule has 0 saturated heterocycles. The Morgan fingerprint density at radius 2 is 1.43 bits per heavy atom. The highest BCUT2D eigenvalue weighted by atomic mass is 19.3. The summed E-state index contributed by atoms with van der Waals surface area (Å²) in [6.07, 6.45) is -1.68. The molecule has 1 unspecified atom stereocenters. The van der Waals surface area contributed by atoms with Crippen molar-refractivity contribution in [3.63, 3.8) is 0 Å². The van der Waals surface area contributed by atoms with Gasteiger partial charge >= 0.3 is 0 Å². The Balaban J connectivity index is 1.92. The Labute approximate surface area is 163 Å². The van der Waals surface area contributed by atoms with Gasteiger partial charge in [0.1, 0.15) is 0 Å². The van der Waals surface area contributed by atoms with Crippen molar-refractivity contribution >= 4 is 11.4 Å². The number of anilines is 1. The van der Waals surface area contributed by atoms with Crippen LogP contribution in [-0.2, 0) is 0 Å². The molecule has 3 aromatic carbocycles. The predicted octanol–water partition coefficient (Wildman–Crippen LogP) is 6.15. The minimum absolute atomic E-state index is 0.0479. The molecule has 0 aromatic heterocycles. The van der Waals surface area contributed by atoms with Crippen LogP contribution in [0.4, 0.5) is 14.5 Å². The third-order valence-corrected chi connectivity index (χ3v) is 4.86. The van der Waals surface area contributed by atoms with Crippen molar-refractivity contribution in [2.24, 2.45) is 4.99 Å². The fourth-order valence-electron chi connectivity index (χ4n) is 3.48. The molecular formula is C24H20F2N2. The summed E-state index contributed by atoms with van der Waals surface area (Å²) in [5, 5.41) is 0. The van der Waals surface area contributed by atoms with Gasteiger partial charge in [-0.25, -0.2) is 8.78 Å². The third-order valence-electron chi connectivity index (χ3n) is 4.86. The Morgan fingerprint density at radius 3 is 2.07 bits per heavy atom. The van der Waals surface area contributed by atoms with Crippen LogP contribution in [0.15, 0.2) is 102 Å². The summed E-state index contributed by atoms with van der Waals surface area (Å²) >= 11 is 0. The Hall–Kier alpha value is -3.27. The molecule has 3 aromatic rings. The van der Waals surface area contributed by atoms with Gasteiger partial charge in [0.15, 0.2) is 6.17 Å². The molecule has 2 nitrogen and oxygen atoms in total. The number of hydrogen-bond donors (Lipinski definition) is 0. The second-order valence-corrected chi connectivity index (χ2v) is 6.69. The normalized spacial score (nSPS) is 16.7. The number of allylic oxidation sites excluding steroid dienone is 2. The van der Waals surface area contributed by atoms with Crippen molar-refractivity contribution < 1.29 is 8.78 Å². The average molecular weight is 374 g/mol. The van der Waals surface area contributed by atoms with E-state index in [4.69, 9.17) is 4.99 Å². The van der Waals surface area contributed by atoms with E-state index in [0.717, 1.165) is 16.7 Å². The number of hydrogen-bond acceptors (Lipinski definition) is 2. The highest BCUT2D eigenvalue weighted by Gasteiger charge is 2.33. The fraction of sp³-hybridized carbons (Fsp3) is 0.125. The number of rotatable bonds is 4. The van der Waals surface area contributed by atoms with Crippen molar-refractivity contribution in [2.45, 2.75) is 19.5 Å². The zero-order chi connectivity index (χ0) is 19.5. The lowest BCUT2D eigenvalue weighted by Gasteiger charge is -2.37. The van der Waals surface area contributed by atoms with Crippen molar-refractivity contribution in [1.29, 1.82) is 0 Å². The summed E-state index contributed by atoms with van der Waals surface area (Å²) < 4.78 is 28.3. The molecule has 0 radical (unpaired) electrons. The Morgan fingerprint density at radius 1 is 0.821 bits per heavy atom. The first kappa shape index (κ1) is 18.1. The first-order valence-corrected chi connectivity index (χ1v) is 9.18. The predicted molar refractivity (Wildman–Crippen MR) is 110 cm³/mol. The second kappa shape index (κ2) is 7.77. The van der Waals surface area contributed by atoms with Gasteiger partial charge in [0.25, 0.3) is 6.43 Å². The van der Waals surface area contributed by atoms with Crippen LogP contribution in [0.5, 0.6) is 0 Å². The van der Waals surface area contributed by atoms with Crippen LogP contribution < -0.4 is 4.90 Å². The standard InChI is InChI=1S/C24H20F2N2/c1-17-10-8-9-15-20(17)24-27-21(18-11-4-2-5-12-18)16-22(23(25)26)28(24)19-13-6-3-7-14-19/h2-16,23-24H,1H3. The molecule has 0 aliphatic carbocycles. The lowest BCUT2D eigenvalue weighted by atomic mass is 10.00. The molecule has 1 heterocycles. The minimum Gasteiger partial charge on any atom is -0.313 e. The molecule has 4 rings (SSSR count). The maximum Gasteiger partial charge on any atom is 0.278 e. The zero-order valence-electron chi connectivity index (χ0n) is 15.5. The smallest absolute Gasteiger partial charge is 0.278 e. The van der Waals surface area contributed by atoms with Crippen LogP contribution in [0.1, 0.15) is 22.9 Å². The lowest BCUT2D eigenvalue weighted by Crippen LogP contribution is -2.35. The van der Waals surface area contributed by atoms with Crippen molar-refractivity contribution in [3.05, 3.63) is 113 Å². The van der Waals surface area contributed by atoms with Crippen LogP contribution in [0.2, 0.25) is 0 Å². The average Bonchev–Trinajstić information content (AvgIpc) is 2.74. The largest absolute Gasteiger partial charge is 0.313 e. The highest BCUT2D eigenvalue weighted by molar-refractivity contribution is 6.10.